The summed E-state index contributed by atoms with van der Waals surface area (Å²) in [5, 5.41) is 1.08. The molecule has 1 amide bonds. The number of para-hydroxylation sites is 1. The van der Waals surface area contributed by atoms with Crippen molar-refractivity contribution in [2.75, 3.05) is 18.2 Å². The van der Waals surface area contributed by atoms with Crippen LogP contribution in [0.4, 0.5) is 5.69 Å². The van der Waals surface area contributed by atoms with Crippen LogP contribution in [0.15, 0.2) is 39.1 Å². The van der Waals surface area contributed by atoms with E-state index >= 15 is 0 Å². The van der Waals surface area contributed by atoms with Crippen LogP contribution in [0.3, 0.4) is 0 Å². The van der Waals surface area contributed by atoms with Gasteiger partial charge in [0.05, 0.1) is 5.69 Å². The van der Waals surface area contributed by atoms with Crippen molar-refractivity contribution in [1.82, 2.24) is 0 Å². The number of carbonyl (C=O) groups excluding carboxylic acids is 1. The van der Waals surface area contributed by atoms with E-state index in [1.807, 2.05) is 0 Å². The highest BCUT2D eigenvalue weighted by molar-refractivity contribution is 8.40. The van der Waals surface area contributed by atoms with Crippen molar-refractivity contribution in [1.29, 1.82) is 0 Å². The normalized spacial score (nSPS) is 23.9. The molecular formula is C18H21ClN2OS3. The molecule has 0 spiro atoms. The summed E-state index contributed by atoms with van der Waals surface area (Å²) in [5.41, 5.74) is 1.19. The van der Waals surface area contributed by atoms with E-state index in [4.69, 9.17) is 0 Å². The molecule has 2 aliphatic heterocycles. The van der Waals surface area contributed by atoms with Crippen LogP contribution in [0.2, 0.25) is 0 Å². The summed E-state index contributed by atoms with van der Waals surface area (Å²) in [7, 11) is 2.07. The minimum absolute atomic E-state index is 0. The number of fused-ring (bicyclic) bond motifs is 1. The van der Waals surface area contributed by atoms with E-state index in [-0.39, 0.29) is 18.3 Å². The van der Waals surface area contributed by atoms with Crippen molar-refractivity contribution in [3.05, 3.63) is 34.2 Å². The van der Waals surface area contributed by atoms with Gasteiger partial charge in [-0.05, 0) is 31.2 Å². The lowest BCUT2D eigenvalue weighted by Crippen LogP contribution is -3.00. The lowest BCUT2D eigenvalue weighted by atomic mass is 9.95. The molecule has 0 unspecified atom stereocenters. The number of carbonyl (C=O) groups is 1. The number of thioether (sulfide) groups is 3. The highest BCUT2D eigenvalue weighted by Crippen LogP contribution is 2.50. The SMILES string of the molecule is CSC1=[N+](C2CCCCC2)C(=O)/C(=C2\Sc3ccccc3N2C)S1.[Cl-]. The summed E-state index contributed by atoms with van der Waals surface area (Å²) in [5.74, 6) is 0.207. The summed E-state index contributed by atoms with van der Waals surface area (Å²) in [6, 6.07) is 8.76. The van der Waals surface area contributed by atoms with Crippen LogP contribution in [0, 0.1) is 0 Å². The summed E-state index contributed by atoms with van der Waals surface area (Å²) >= 11 is 5.09. The number of rotatable bonds is 1. The first-order valence-electron chi connectivity index (χ1n) is 8.38. The van der Waals surface area contributed by atoms with Gasteiger partial charge in [0.1, 0.15) is 5.03 Å². The second-order valence-corrected chi connectivity index (χ2v) is 9.39. The maximum absolute atomic E-state index is 13.2. The van der Waals surface area contributed by atoms with E-state index in [1.165, 1.54) is 29.8 Å². The first-order chi connectivity index (χ1) is 11.7. The van der Waals surface area contributed by atoms with Crippen LogP contribution in [-0.2, 0) is 4.79 Å². The minimum Gasteiger partial charge on any atom is -1.00 e. The van der Waals surface area contributed by atoms with Crippen molar-refractivity contribution in [2.24, 2.45) is 0 Å². The highest BCUT2D eigenvalue weighted by atomic mass is 35.5. The third-order valence-corrected chi connectivity index (χ3v) is 8.45. The quantitative estimate of drug-likeness (QED) is 0.516. The van der Waals surface area contributed by atoms with Crippen LogP contribution < -0.4 is 17.3 Å². The second kappa shape index (κ2) is 7.99. The Balaban J connectivity index is 0.00000182. The molecule has 1 fully saturated rings. The van der Waals surface area contributed by atoms with Gasteiger partial charge >= 0.3 is 5.91 Å². The standard InChI is InChI=1S/C18H21N2OS3.ClH/c1-19-13-10-6-7-11-14(13)23-17(19)15-16(21)20(18(22-2)24-15)12-8-4-3-5-9-12;/h6-7,10-12H,3-5,8-9H2,1-2H3;1H/q+1;/p-1/b17-15+;. The number of anilines is 1. The fraction of sp³-hybridized carbons (Fsp3) is 0.444. The van der Waals surface area contributed by atoms with E-state index < -0.39 is 0 Å². The molecule has 3 aliphatic rings. The van der Waals surface area contributed by atoms with E-state index in [0.29, 0.717) is 6.04 Å². The van der Waals surface area contributed by atoms with Gasteiger partial charge < -0.3 is 17.3 Å². The van der Waals surface area contributed by atoms with Crippen LogP contribution in [0.1, 0.15) is 32.1 Å². The zero-order chi connectivity index (χ0) is 16.7. The largest absolute Gasteiger partial charge is 1.00 e. The van der Waals surface area contributed by atoms with Crippen molar-refractivity contribution in [2.45, 2.75) is 43.0 Å². The third kappa shape index (κ3) is 3.38. The number of halogens is 1. The van der Waals surface area contributed by atoms with Gasteiger partial charge in [0.2, 0.25) is 0 Å². The Kier molecular flexibility index (Phi) is 6.14. The smallest absolute Gasteiger partial charge is 0.430 e. The Hall–Kier alpha value is -0.560. The van der Waals surface area contributed by atoms with Crippen molar-refractivity contribution < 1.29 is 21.8 Å². The molecule has 1 saturated carbocycles. The first kappa shape index (κ1) is 19.2. The second-order valence-electron chi connectivity index (χ2n) is 6.30. The van der Waals surface area contributed by atoms with Gasteiger partial charge in [0, 0.05) is 36.5 Å². The summed E-state index contributed by atoms with van der Waals surface area (Å²) < 4.78 is 3.24. The molecule has 0 N–H and O–H groups in total. The van der Waals surface area contributed by atoms with Gasteiger partial charge in [0.25, 0.3) is 4.38 Å². The third-order valence-electron chi connectivity index (χ3n) is 4.85. The monoisotopic (exact) mass is 412 g/mol. The Bertz CT molecular complexity index is 756. The Morgan fingerprint density at radius 2 is 1.88 bits per heavy atom. The van der Waals surface area contributed by atoms with E-state index in [2.05, 4.69) is 47.0 Å². The molecule has 1 aromatic rings. The molecular weight excluding hydrogens is 392 g/mol. The van der Waals surface area contributed by atoms with E-state index in [9.17, 15) is 4.79 Å². The molecule has 0 aromatic heterocycles. The number of benzene rings is 1. The Labute approximate surface area is 168 Å². The number of hydrogen-bond acceptors (Lipinski definition) is 5. The molecule has 0 atom stereocenters. The van der Waals surface area contributed by atoms with Crippen molar-refractivity contribution in [3.8, 4) is 0 Å². The van der Waals surface area contributed by atoms with Crippen LogP contribution in [0.5, 0.6) is 0 Å². The zero-order valence-corrected chi connectivity index (χ0v) is 17.5. The molecule has 0 saturated heterocycles. The minimum atomic E-state index is 0. The Morgan fingerprint density at radius 1 is 1.16 bits per heavy atom. The molecule has 7 heteroatoms. The number of hydrogen-bond donors (Lipinski definition) is 0. The van der Waals surface area contributed by atoms with Gasteiger partial charge in [-0.3, -0.25) is 0 Å². The number of nitrogens with zero attached hydrogens (tertiary/aromatic N) is 2. The average molecular weight is 413 g/mol. The molecule has 1 aromatic carbocycles. The Morgan fingerprint density at radius 3 is 2.56 bits per heavy atom. The van der Waals surface area contributed by atoms with E-state index in [1.54, 1.807) is 35.3 Å². The fourth-order valence-electron chi connectivity index (χ4n) is 3.60. The summed E-state index contributed by atoms with van der Waals surface area (Å²) in [4.78, 5) is 17.5. The van der Waals surface area contributed by atoms with Crippen molar-refractivity contribution in [3.63, 3.8) is 0 Å². The molecule has 0 radical (unpaired) electrons. The molecule has 25 heavy (non-hydrogen) atoms. The van der Waals surface area contributed by atoms with Crippen LogP contribution in [0.25, 0.3) is 0 Å². The fourth-order valence-corrected chi connectivity index (χ4v) is 6.86. The molecule has 1 aliphatic carbocycles. The molecule has 3 nitrogen and oxygen atoms in total. The van der Waals surface area contributed by atoms with E-state index in [0.717, 1.165) is 27.2 Å². The summed E-state index contributed by atoms with van der Waals surface area (Å²) in [6.07, 6.45) is 8.16. The van der Waals surface area contributed by atoms with Crippen LogP contribution in [-0.4, -0.2) is 34.2 Å². The van der Waals surface area contributed by atoms with Crippen LogP contribution >= 0.6 is 35.3 Å². The summed E-state index contributed by atoms with van der Waals surface area (Å²) in [6.45, 7) is 0. The maximum Gasteiger partial charge on any atom is 0.430 e. The first-order valence-corrected chi connectivity index (χ1v) is 11.2. The van der Waals surface area contributed by atoms with Gasteiger partial charge in [-0.2, -0.15) is 0 Å². The predicted molar refractivity (Wildman–Crippen MR) is 106 cm³/mol. The van der Waals surface area contributed by atoms with Gasteiger partial charge in [0.15, 0.2) is 10.9 Å². The van der Waals surface area contributed by atoms with Gasteiger partial charge in [-0.15, -0.1) is 4.58 Å². The highest BCUT2D eigenvalue weighted by Gasteiger charge is 2.46. The lowest BCUT2D eigenvalue weighted by molar-refractivity contribution is -0.482. The zero-order valence-electron chi connectivity index (χ0n) is 14.3. The maximum atomic E-state index is 13.2. The van der Waals surface area contributed by atoms with Gasteiger partial charge in [-0.1, -0.05) is 42.1 Å². The molecule has 134 valence electrons. The molecule has 4 rings (SSSR count). The molecule has 2 heterocycles. The average Bonchev–Trinajstić information content (AvgIpc) is 3.13. The topological polar surface area (TPSA) is 23.3 Å². The van der Waals surface area contributed by atoms with Gasteiger partial charge in [-0.25, -0.2) is 4.79 Å². The number of amides is 1. The lowest BCUT2D eigenvalue weighted by Gasteiger charge is -2.17. The predicted octanol–water partition coefficient (Wildman–Crippen LogP) is 1.74. The van der Waals surface area contributed by atoms with Crippen molar-refractivity contribution >= 4 is 51.3 Å². The molecule has 0 bridgehead atoms.